The molecule has 0 unspecified atom stereocenters. The summed E-state index contributed by atoms with van der Waals surface area (Å²) < 4.78 is 28.9. The van der Waals surface area contributed by atoms with E-state index in [0.717, 1.165) is 16.5 Å². The van der Waals surface area contributed by atoms with E-state index in [4.69, 9.17) is 0 Å². The first-order valence-electron chi connectivity index (χ1n) is 5.49. The van der Waals surface area contributed by atoms with E-state index in [-0.39, 0.29) is 4.90 Å². The third-order valence-corrected chi connectivity index (χ3v) is 4.50. The second-order valence-electron chi connectivity index (χ2n) is 4.06. The molecule has 1 aromatic rings. The van der Waals surface area contributed by atoms with Gasteiger partial charge >= 0.3 is 0 Å². The number of hydrogen-bond donors (Lipinski definition) is 1. The average Bonchev–Trinajstić information content (AvgIpc) is 2.32. The van der Waals surface area contributed by atoms with Crippen LogP contribution in [0.15, 0.2) is 44.2 Å². The van der Waals surface area contributed by atoms with Crippen LogP contribution in [0.25, 0.3) is 0 Å². The summed E-state index contributed by atoms with van der Waals surface area (Å²) in [4.78, 5) is 0.219. The fourth-order valence-corrected chi connectivity index (χ4v) is 2.86. The van der Waals surface area contributed by atoms with E-state index in [0.29, 0.717) is 12.3 Å². The van der Waals surface area contributed by atoms with Gasteiger partial charge in [0.25, 0.3) is 10.0 Å². The van der Waals surface area contributed by atoms with E-state index >= 15 is 0 Å². The normalized spacial score (nSPS) is 18.3. The highest BCUT2D eigenvalue weighted by atomic mass is 79.9. The second kappa shape index (κ2) is 5.24. The van der Waals surface area contributed by atoms with Crippen molar-refractivity contribution in [3.63, 3.8) is 0 Å². The second-order valence-corrected chi connectivity index (χ2v) is 6.68. The Bertz CT molecular complexity index is 603. The Morgan fingerprint density at radius 3 is 2.44 bits per heavy atom. The molecule has 0 amide bonds. The molecule has 4 nitrogen and oxygen atoms in total. The molecule has 1 aliphatic heterocycles. The molecular weight excluding hydrogens is 316 g/mol. The van der Waals surface area contributed by atoms with E-state index in [1.54, 1.807) is 30.5 Å². The van der Waals surface area contributed by atoms with Gasteiger partial charge in [0.05, 0.1) is 4.90 Å². The Balaban J connectivity index is 2.27. The molecule has 0 spiro atoms. The Labute approximate surface area is 115 Å². The Hall–Kier alpha value is -1.14. The molecular formula is C12H13BrN2O2S. The van der Waals surface area contributed by atoms with Crippen molar-refractivity contribution in [2.75, 3.05) is 0 Å². The van der Waals surface area contributed by atoms with E-state index in [1.165, 1.54) is 0 Å². The van der Waals surface area contributed by atoms with Crippen molar-refractivity contribution in [2.24, 2.45) is 4.40 Å². The topological polar surface area (TPSA) is 58.5 Å². The summed E-state index contributed by atoms with van der Waals surface area (Å²) in [5, 5.41) is 2.87. The molecule has 0 radical (unpaired) electrons. The fourth-order valence-electron chi connectivity index (χ4n) is 1.52. The lowest BCUT2D eigenvalue weighted by molar-refractivity contribution is 0.597. The molecule has 6 heteroatoms. The standard InChI is InChI=1S/C12H13BrN2O2S/c1-9-2-5-11(6-3-9)18(16,17)15-12-7-4-10(13)8-14-12/h2-3,5-6,8H,4,7H2,1H3,(H,14,15). The predicted octanol–water partition coefficient (Wildman–Crippen LogP) is 2.70. The molecule has 0 atom stereocenters. The van der Waals surface area contributed by atoms with Crippen LogP contribution in [0, 0.1) is 6.92 Å². The van der Waals surface area contributed by atoms with Crippen molar-refractivity contribution < 1.29 is 8.42 Å². The summed E-state index contributed by atoms with van der Waals surface area (Å²) in [7, 11) is -3.61. The van der Waals surface area contributed by atoms with Crippen LogP contribution >= 0.6 is 15.9 Å². The van der Waals surface area contributed by atoms with Crippen LogP contribution in [-0.2, 0) is 10.0 Å². The van der Waals surface area contributed by atoms with E-state index in [9.17, 15) is 8.42 Å². The molecule has 0 bridgehead atoms. The number of sulfonamides is 1. The highest BCUT2D eigenvalue weighted by Crippen LogP contribution is 2.18. The summed E-state index contributed by atoms with van der Waals surface area (Å²) in [5.74, 6) is 0.471. The van der Waals surface area contributed by atoms with Gasteiger partial charge < -0.3 is 5.32 Å². The molecule has 0 aromatic heterocycles. The van der Waals surface area contributed by atoms with Gasteiger partial charge in [0.2, 0.25) is 0 Å². The minimum Gasteiger partial charge on any atom is -0.349 e. The molecule has 1 heterocycles. The summed E-state index contributed by atoms with van der Waals surface area (Å²) >= 11 is 3.34. The highest BCUT2D eigenvalue weighted by Gasteiger charge is 2.15. The van der Waals surface area contributed by atoms with Crippen molar-refractivity contribution >= 4 is 31.8 Å². The molecule has 1 aliphatic rings. The van der Waals surface area contributed by atoms with Crippen LogP contribution in [-0.4, -0.2) is 14.3 Å². The Morgan fingerprint density at radius 2 is 1.89 bits per heavy atom. The zero-order chi connectivity index (χ0) is 13.2. The van der Waals surface area contributed by atoms with Gasteiger partial charge in [0, 0.05) is 17.1 Å². The van der Waals surface area contributed by atoms with Gasteiger partial charge in [-0.1, -0.05) is 33.6 Å². The molecule has 0 saturated heterocycles. The van der Waals surface area contributed by atoms with Gasteiger partial charge in [-0.2, -0.15) is 8.42 Å². The molecule has 0 aliphatic carbocycles. The maximum atomic E-state index is 12.0. The van der Waals surface area contributed by atoms with Gasteiger partial charge in [0.15, 0.2) is 0 Å². The largest absolute Gasteiger partial charge is 0.349 e. The van der Waals surface area contributed by atoms with Crippen molar-refractivity contribution in [3.8, 4) is 0 Å². The van der Waals surface area contributed by atoms with E-state index in [2.05, 4.69) is 25.6 Å². The summed E-state index contributed by atoms with van der Waals surface area (Å²) in [6, 6.07) is 6.67. The number of allylic oxidation sites excluding steroid dienone is 1. The van der Waals surface area contributed by atoms with Crippen molar-refractivity contribution in [3.05, 3.63) is 40.5 Å². The van der Waals surface area contributed by atoms with Gasteiger partial charge in [0.1, 0.15) is 5.84 Å². The molecule has 2 rings (SSSR count). The highest BCUT2D eigenvalue weighted by molar-refractivity contribution is 9.11. The van der Waals surface area contributed by atoms with Crippen LogP contribution in [0.4, 0.5) is 0 Å². The minimum absolute atomic E-state index is 0.219. The smallest absolute Gasteiger partial charge is 0.283 e. The number of nitrogens with zero attached hydrogens (tertiary/aromatic N) is 1. The molecule has 1 aromatic carbocycles. The van der Waals surface area contributed by atoms with Crippen LogP contribution in [0.5, 0.6) is 0 Å². The lowest BCUT2D eigenvalue weighted by Gasteiger charge is -2.12. The summed E-state index contributed by atoms with van der Waals surface area (Å²) in [5.41, 5.74) is 1.02. The SMILES string of the molecule is Cc1ccc(S(=O)(=O)N=C2CCC(Br)=CN2)cc1. The Morgan fingerprint density at radius 1 is 1.22 bits per heavy atom. The maximum Gasteiger partial charge on any atom is 0.283 e. The Kier molecular flexibility index (Phi) is 3.87. The lowest BCUT2D eigenvalue weighted by atomic mass is 10.2. The quantitative estimate of drug-likeness (QED) is 0.908. The van der Waals surface area contributed by atoms with Crippen molar-refractivity contribution in [1.82, 2.24) is 5.32 Å². The van der Waals surface area contributed by atoms with Crippen LogP contribution < -0.4 is 5.32 Å². The molecule has 96 valence electrons. The van der Waals surface area contributed by atoms with Gasteiger partial charge in [-0.15, -0.1) is 4.40 Å². The van der Waals surface area contributed by atoms with Gasteiger partial charge in [-0.05, 0) is 25.5 Å². The molecule has 1 N–H and O–H groups in total. The number of halogens is 1. The van der Waals surface area contributed by atoms with Gasteiger partial charge in [-0.25, -0.2) is 0 Å². The molecule has 0 fully saturated rings. The lowest BCUT2D eigenvalue weighted by Crippen LogP contribution is -2.22. The zero-order valence-corrected chi connectivity index (χ0v) is 12.3. The van der Waals surface area contributed by atoms with Crippen molar-refractivity contribution in [2.45, 2.75) is 24.7 Å². The minimum atomic E-state index is -3.61. The number of rotatable bonds is 2. The summed E-state index contributed by atoms with van der Waals surface area (Å²) in [6.45, 7) is 1.91. The van der Waals surface area contributed by atoms with E-state index < -0.39 is 10.0 Å². The number of aryl methyl sites for hydroxylation is 1. The number of nitrogens with one attached hydrogen (secondary N) is 1. The maximum absolute atomic E-state index is 12.0. The monoisotopic (exact) mass is 328 g/mol. The third kappa shape index (κ3) is 3.20. The third-order valence-electron chi connectivity index (χ3n) is 2.55. The fraction of sp³-hybridized carbons (Fsp3) is 0.250. The number of amidine groups is 1. The first-order valence-corrected chi connectivity index (χ1v) is 7.72. The number of benzene rings is 1. The molecule has 0 saturated carbocycles. The first kappa shape index (κ1) is 13.3. The van der Waals surface area contributed by atoms with Crippen LogP contribution in [0.2, 0.25) is 0 Å². The first-order chi connectivity index (χ1) is 8.47. The molecule has 18 heavy (non-hydrogen) atoms. The summed E-state index contributed by atoms with van der Waals surface area (Å²) in [6.07, 6.45) is 3.06. The van der Waals surface area contributed by atoms with Crippen LogP contribution in [0.3, 0.4) is 0 Å². The van der Waals surface area contributed by atoms with E-state index in [1.807, 2.05) is 6.92 Å². The number of hydrogen-bond acceptors (Lipinski definition) is 2. The zero-order valence-electron chi connectivity index (χ0n) is 9.85. The van der Waals surface area contributed by atoms with Crippen molar-refractivity contribution in [1.29, 1.82) is 0 Å². The average molecular weight is 329 g/mol. The van der Waals surface area contributed by atoms with Crippen LogP contribution in [0.1, 0.15) is 18.4 Å². The predicted molar refractivity (Wildman–Crippen MR) is 75.2 cm³/mol. The van der Waals surface area contributed by atoms with Gasteiger partial charge in [-0.3, -0.25) is 0 Å².